The number of rotatable bonds is 8. The second kappa shape index (κ2) is 7.37. The van der Waals surface area contributed by atoms with Gasteiger partial charge < -0.3 is 10.1 Å². The van der Waals surface area contributed by atoms with Crippen LogP contribution < -0.4 is 5.32 Å². The van der Waals surface area contributed by atoms with Crippen LogP contribution >= 0.6 is 0 Å². The molecule has 0 aliphatic carbocycles. The molecular formula is C12H17F4N3O. The fraction of sp³-hybridized carbons (Fsp3) is 0.667. The van der Waals surface area contributed by atoms with E-state index in [1.165, 1.54) is 0 Å². The summed E-state index contributed by atoms with van der Waals surface area (Å²) >= 11 is 0. The summed E-state index contributed by atoms with van der Waals surface area (Å²) < 4.78 is 53.8. The lowest BCUT2D eigenvalue weighted by Crippen LogP contribution is -2.32. The van der Waals surface area contributed by atoms with E-state index in [1.54, 1.807) is 6.07 Å². The molecule has 0 atom stereocenters. The van der Waals surface area contributed by atoms with Crippen LogP contribution in [-0.4, -0.2) is 35.5 Å². The Balaban J connectivity index is 2.65. The van der Waals surface area contributed by atoms with Crippen LogP contribution in [0.2, 0.25) is 0 Å². The van der Waals surface area contributed by atoms with Crippen LogP contribution in [0, 0.1) is 0 Å². The Morgan fingerprint density at radius 2 is 2.00 bits per heavy atom. The maximum Gasteiger partial charge on any atom is 0.330 e. The normalized spacial score (nSPS) is 11.9. The highest BCUT2D eigenvalue weighted by Crippen LogP contribution is 2.23. The molecule has 0 aliphatic rings. The average Bonchev–Trinajstić information content (AvgIpc) is 2.38. The molecule has 0 aromatic carbocycles. The van der Waals surface area contributed by atoms with E-state index in [0.29, 0.717) is 18.8 Å². The first-order valence-electron chi connectivity index (χ1n) is 6.23. The number of nitrogens with zero attached hydrogens (tertiary/aromatic N) is 2. The quantitative estimate of drug-likeness (QED) is 0.749. The Kier molecular flexibility index (Phi) is 6.12. The standard InChI is InChI=1S/C12H17F4N3O/c1-3-8-5-9(17-4-2)19-10(18-8)6-20-7-12(15,16)11(13)14/h5,11H,3-4,6-7H2,1-2H3,(H,17,18,19). The molecule has 20 heavy (non-hydrogen) atoms. The fourth-order valence-electron chi connectivity index (χ4n) is 1.41. The van der Waals surface area contributed by atoms with Crippen molar-refractivity contribution in [2.75, 3.05) is 18.5 Å². The number of halogens is 4. The molecule has 0 bridgehead atoms. The Hall–Kier alpha value is -1.44. The number of anilines is 1. The van der Waals surface area contributed by atoms with Crippen molar-refractivity contribution in [3.8, 4) is 0 Å². The Morgan fingerprint density at radius 3 is 2.55 bits per heavy atom. The number of hydrogen-bond donors (Lipinski definition) is 1. The maximum atomic E-state index is 12.7. The SMILES string of the molecule is CCNc1cc(CC)nc(COCC(F)(F)C(F)F)n1. The molecule has 0 radical (unpaired) electrons. The Labute approximate surface area is 114 Å². The van der Waals surface area contributed by atoms with Crippen LogP contribution in [0.5, 0.6) is 0 Å². The van der Waals surface area contributed by atoms with Gasteiger partial charge in [0.2, 0.25) is 0 Å². The second-order valence-corrected chi connectivity index (χ2v) is 4.10. The zero-order valence-electron chi connectivity index (χ0n) is 11.3. The zero-order valence-corrected chi connectivity index (χ0v) is 11.3. The molecule has 0 saturated carbocycles. The molecule has 114 valence electrons. The van der Waals surface area contributed by atoms with Gasteiger partial charge >= 0.3 is 12.3 Å². The summed E-state index contributed by atoms with van der Waals surface area (Å²) in [5.74, 6) is -3.42. The minimum atomic E-state index is -4.16. The van der Waals surface area contributed by atoms with Gasteiger partial charge in [0.15, 0.2) is 5.82 Å². The van der Waals surface area contributed by atoms with E-state index in [2.05, 4.69) is 20.0 Å². The summed E-state index contributed by atoms with van der Waals surface area (Å²) in [5.41, 5.74) is 0.718. The zero-order chi connectivity index (χ0) is 15.2. The third kappa shape index (κ3) is 4.92. The van der Waals surface area contributed by atoms with Crippen molar-refractivity contribution in [2.24, 2.45) is 0 Å². The smallest absolute Gasteiger partial charge is 0.330 e. The topological polar surface area (TPSA) is 47.0 Å². The van der Waals surface area contributed by atoms with E-state index in [0.717, 1.165) is 5.69 Å². The van der Waals surface area contributed by atoms with Crippen LogP contribution in [0.3, 0.4) is 0 Å². The van der Waals surface area contributed by atoms with Crippen molar-refractivity contribution in [2.45, 2.75) is 39.2 Å². The lowest BCUT2D eigenvalue weighted by molar-refractivity contribution is -0.168. The molecule has 1 N–H and O–H groups in total. The van der Waals surface area contributed by atoms with Crippen LogP contribution in [0.4, 0.5) is 23.4 Å². The molecule has 0 amide bonds. The minimum Gasteiger partial charge on any atom is -0.370 e. The number of nitrogens with one attached hydrogen (secondary N) is 1. The first-order valence-corrected chi connectivity index (χ1v) is 6.23. The van der Waals surface area contributed by atoms with Gasteiger partial charge in [-0.1, -0.05) is 6.92 Å². The highest BCUT2D eigenvalue weighted by Gasteiger charge is 2.41. The molecule has 1 rings (SSSR count). The van der Waals surface area contributed by atoms with Crippen molar-refractivity contribution < 1.29 is 22.3 Å². The first kappa shape index (κ1) is 16.6. The van der Waals surface area contributed by atoms with Crippen molar-refractivity contribution in [3.63, 3.8) is 0 Å². The van der Waals surface area contributed by atoms with Crippen molar-refractivity contribution in [3.05, 3.63) is 17.6 Å². The van der Waals surface area contributed by atoms with Gasteiger partial charge in [-0.25, -0.2) is 18.7 Å². The van der Waals surface area contributed by atoms with Gasteiger partial charge in [0.05, 0.1) is 0 Å². The molecular weight excluding hydrogens is 278 g/mol. The molecule has 1 aromatic heterocycles. The molecule has 4 nitrogen and oxygen atoms in total. The Bertz CT molecular complexity index is 429. The monoisotopic (exact) mass is 295 g/mol. The maximum absolute atomic E-state index is 12.7. The van der Waals surface area contributed by atoms with Crippen molar-refractivity contribution in [1.82, 2.24) is 9.97 Å². The van der Waals surface area contributed by atoms with Crippen LogP contribution in [0.1, 0.15) is 25.4 Å². The van der Waals surface area contributed by atoms with Crippen LogP contribution in [0.15, 0.2) is 6.07 Å². The summed E-state index contributed by atoms with van der Waals surface area (Å²) in [7, 11) is 0. The van der Waals surface area contributed by atoms with E-state index in [1.807, 2.05) is 13.8 Å². The highest BCUT2D eigenvalue weighted by molar-refractivity contribution is 5.35. The molecule has 0 fully saturated rings. The minimum absolute atomic E-state index is 0.186. The largest absolute Gasteiger partial charge is 0.370 e. The van der Waals surface area contributed by atoms with Gasteiger partial charge in [-0.3, -0.25) is 0 Å². The fourth-order valence-corrected chi connectivity index (χ4v) is 1.41. The number of hydrogen-bond acceptors (Lipinski definition) is 4. The molecule has 0 saturated heterocycles. The summed E-state index contributed by atoms with van der Waals surface area (Å²) in [4.78, 5) is 8.15. The predicted molar refractivity (Wildman–Crippen MR) is 66.2 cm³/mol. The Morgan fingerprint density at radius 1 is 1.30 bits per heavy atom. The first-order chi connectivity index (χ1) is 9.39. The number of aryl methyl sites for hydroxylation is 1. The molecule has 0 unspecified atom stereocenters. The van der Waals surface area contributed by atoms with Crippen LogP contribution in [-0.2, 0) is 17.8 Å². The van der Waals surface area contributed by atoms with E-state index in [-0.39, 0.29) is 12.4 Å². The van der Waals surface area contributed by atoms with Gasteiger partial charge in [0, 0.05) is 18.3 Å². The van der Waals surface area contributed by atoms with Gasteiger partial charge in [-0.05, 0) is 13.3 Å². The lowest BCUT2D eigenvalue weighted by Gasteiger charge is -2.15. The number of aromatic nitrogens is 2. The molecule has 1 aromatic rings. The summed E-state index contributed by atoms with van der Waals surface area (Å²) in [6, 6.07) is 1.74. The number of alkyl halides is 4. The molecule has 0 aliphatic heterocycles. The number of ether oxygens (including phenoxy) is 1. The summed E-state index contributed by atoms with van der Waals surface area (Å²) in [6.45, 7) is 2.71. The average molecular weight is 295 g/mol. The van der Waals surface area contributed by atoms with Crippen molar-refractivity contribution in [1.29, 1.82) is 0 Å². The lowest BCUT2D eigenvalue weighted by atomic mass is 10.3. The summed E-state index contributed by atoms with van der Waals surface area (Å²) in [5, 5.41) is 2.97. The third-order valence-electron chi connectivity index (χ3n) is 2.39. The predicted octanol–water partition coefficient (Wildman–Crippen LogP) is 2.89. The summed E-state index contributed by atoms with van der Waals surface area (Å²) in [6.07, 6.45) is -3.11. The van der Waals surface area contributed by atoms with E-state index >= 15 is 0 Å². The molecule has 0 spiro atoms. The van der Waals surface area contributed by atoms with Gasteiger partial charge in [0.25, 0.3) is 0 Å². The highest BCUT2D eigenvalue weighted by atomic mass is 19.3. The van der Waals surface area contributed by atoms with Gasteiger partial charge in [0.1, 0.15) is 19.0 Å². The third-order valence-corrected chi connectivity index (χ3v) is 2.39. The molecule has 1 heterocycles. The van der Waals surface area contributed by atoms with E-state index in [4.69, 9.17) is 0 Å². The van der Waals surface area contributed by atoms with Gasteiger partial charge in [-0.2, -0.15) is 8.78 Å². The van der Waals surface area contributed by atoms with E-state index < -0.39 is 19.0 Å². The van der Waals surface area contributed by atoms with Crippen LogP contribution in [0.25, 0.3) is 0 Å². The van der Waals surface area contributed by atoms with Crippen molar-refractivity contribution >= 4 is 5.82 Å². The second-order valence-electron chi connectivity index (χ2n) is 4.10. The van der Waals surface area contributed by atoms with E-state index in [9.17, 15) is 17.6 Å². The molecule has 8 heteroatoms. The van der Waals surface area contributed by atoms with Gasteiger partial charge in [-0.15, -0.1) is 0 Å².